The average Bonchev–Trinajstić information content (AvgIpc) is 2.36. The summed E-state index contributed by atoms with van der Waals surface area (Å²) in [6, 6.07) is 6.68. The summed E-state index contributed by atoms with van der Waals surface area (Å²) in [5.74, 6) is -0.169. The van der Waals surface area contributed by atoms with Gasteiger partial charge in [-0.25, -0.2) is 14.8 Å². The van der Waals surface area contributed by atoms with Crippen LogP contribution < -0.4 is 5.32 Å². The highest BCUT2D eigenvalue weighted by atomic mass is 35.5. The number of alkyl halides is 3. The third-order valence-electron chi connectivity index (χ3n) is 2.12. The molecular weight excluding hydrogens is 299 g/mol. The van der Waals surface area contributed by atoms with Crippen molar-refractivity contribution in [2.24, 2.45) is 0 Å². The summed E-state index contributed by atoms with van der Waals surface area (Å²) < 4.78 is 39.6. The molecule has 1 aromatic carbocycles. The van der Waals surface area contributed by atoms with Crippen LogP contribution in [0.25, 0.3) is 11.0 Å². The summed E-state index contributed by atoms with van der Waals surface area (Å²) in [5, 5.41) is 1.86. The van der Waals surface area contributed by atoms with Gasteiger partial charge < -0.3 is 4.74 Å². The summed E-state index contributed by atoms with van der Waals surface area (Å²) in [5.41, 5.74) is 0.926. The van der Waals surface area contributed by atoms with Crippen LogP contribution in [0.4, 0.5) is 23.8 Å². The maximum Gasteiger partial charge on any atom is 0.422 e. The number of amides is 1. The zero-order valence-electron chi connectivity index (χ0n) is 9.74. The number of para-hydroxylation sites is 2. The Bertz CT molecular complexity index is 648. The lowest BCUT2D eigenvalue weighted by Crippen LogP contribution is -2.23. The van der Waals surface area contributed by atoms with Gasteiger partial charge in [-0.2, -0.15) is 13.2 Å². The Labute approximate surface area is 115 Å². The standard InChI is InChI=1S/C11H7ClF3N3O2/c12-8-9(18-10(19)20-5-11(13,14)15)17-7-4-2-1-3-6(7)16-8/h1-4H,5H2,(H,17,18,19). The normalized spacial score (nSPS) is 11.4. The van der Waals surface area contributed by atoms with Crippen molar-refractivity contribution in [2.45, 2.75) is 6.18 Å². The Kier molecular flexibility index (Phi) is 3.93. The van der Waals surface area contributed by atoms with Crippen molar-refractivity contribution in [3.8, 4) is 0 Å². The molecule has 2 aromatic rings. The van der Waals surface area contributed by atoms with Crippen molar-refractivity contribution < 1.29 is 22.7 Å². The molecular formula is C11H7ClF3N3O2. The van der Waals surface area contributed by atoms with Crippen LogP contribution in [-0.4, -0.2) is 28.8 Å². The Hall–Kier alpha value is -2.09. The molecule has 0 saturated heterocycles. The lowest BCUT2D eigenvalue weighted by molar-refractivity contribution is -0.159. The fourth-order valence-electron chi connectivity index (χ4n) is 1.34. The van der Waals surface area contributed by atoms with Crippen molar-refractivity contribution >= 4 is 34.5 Å². The van der Waals surface area contributed by atoms with Crippen LogP contribution in [0.15, 0.2) is 24.3 Å². The summed E-state index contributed by atoms with van der Waals surface area (Å²) in [4.78, 5) is 19.1. The van der Waals surface area contributed by atoms with Crippen LogP contribution in [0.5, 0.6) is 0 Å². The van der Waals surface area contributed by atoms with Crippen molar-refractivity contribution in [3.63, 3.8) is 0 Å². The van der Waals surface area contributed by atoms with Gasteiger partial charge in [0.25, 0.3) is 0 Å². The topological polar surface area (TPSA) is 64.1 Å². The van der Waals surface area contributed by atoms with E-state index in [0.29, 0.717) is 11.0 Å². The molecule has 1 heterocycles. The summed E-state index contributed by atoms with van der Waals surface area (Å²) in [7, 11) is 0. The second-order valence-corrected chi connectivity index (χ2v) is 4.03. The quantitative estimate of drug-likeness (QED) is 0.923. The minimum absolute atomic E-state index is 0.146. The Morgan fingerprint density at radius 1 is 1.25 bits per heavy atom. The third-order valence-corrected chi connectivity index (χ3v) is 2.38. The van der Waals surface area contributed by atoms with Gasteiger partial charge in [0.1, 0.15) is 0 Å². The monoisotopic (exact) mass is 305 g/mol. The van der Waals surface area contributed by atoms with Crippen LogP contribution in [0.1, 0.15) is 0 Å². The number of benzene rings is 1. The van der Waals surface area contributed by atoms with Gasteiger partial charge in [0, 0.05) is 0 Å². The molecule has 0 radical (unpaired) electrons. The van der Waals surface area contributed by atoms with E-state index in [2.05, 4.69) is 14.7 Å². The van der Waals surface area contributed by atoms with E-state index >= 15 is 0 Å². The maximum absolute atomic E-state index is 11.9. The number of halogens is 4. The van der Waals surface area contributed by atoms with Crippen LogP contribution in [0.2, 0.25) is 5.15 Å². The number of aromatic nitrogens is 2. The minimum atomic E-state index is -4.60. The minimum Gasteiger partial charge on any atom is -0.440 e. The average molecular weight is 306 g/mol. The van der Waals surface area contributed by atoms with Crippen LogP contribution in [0.3, 0.4) is 0 Å². The zero-order chi connectivity index (χ0) is 14.8. The van der Waals surface area contributed by atoms with Gasteiger partial charge in [-0.3, -0.25) is 5.32 Å². The molecule has 9 heteroatoms. The fourth-order valence-corrected chi connectivity index (χ4v) is 1.52. The molecule has 0 spiro atoms. The number of nitrogens with one attached hydrogen (secondary N) is 1. The van der Waals surface area contributed by atoms with Gasteiger partial charge in [-0.1, -0.05) is 23.7 Å². The van der Waals surface area contributed by atoms with E-state index in [4.69, 9.17) is 11.6 Å². The highest BCUT2D eigenvalue weighted by molar-refractivity contribution is 6.32. The number of carbonyl (C=O) groups excluding carboxylic acids is 1. The van der Waals surface area contributed by atoms with Gasteiger partial charge in [0.05, 0.1) is 11.0 Å². The lowest BCUT2D eigenvalue weighted by atomic mass is 10.3. The molecule has 0 fully saturated rings. The molecule has 2 rings (SSSR count). The van der Waals surface area contributed by atoms with Gasteiger partial charge in [0.2, 0.25) is 0 Å². The van der Waals surface area contributed by atoms with Crippen molar-refractivity contribution in [1.82, 2.24) is 9.97 Å². The number of ether oxygens (including phenoxy) is 1. The molecule has 0 unspecified atom stereocenters. The third kappa shape index (κ3) is 3.70. The van der Waals surface area contributed by atoms with Gasteiger partial charge in [-0.15, -0.1) is 0 Å². The van der Waals surface area contributed by atoms with Crippen LogP contribution >= 0.6 is 11.6 Å². The fraction of sp³-hybridized carbons (Fsp3) is 0.182. The molecule has 20 heavy (non-hydrogen) atoms. The number of anilines is 1. The molecule has 1 aromatic heterocycles. The summed E-state index contributed by atoms with van der Waals surface area (Å²) >= 11 is 5.77. The SMILES string of the molecule is O=C(Nc1nc2ccccc2nc1Cl)OCC(F)(F)F. The molecule has 0 aliphatic rings. The number of rotatable bonds is 2. The van der Waals surface area contributed by atoms with Crippen molar-refractivity contribution in [1.29, 1.82) is 0 Å². The predicted molar refractivity (Wildman–Crippen MR) is 65.6 cm³/mol. The van der Waals surface area contributed by atoms with E-state index in [-0.39, 0.29) is 11.0 Å². The van der Waals surface area contributed by atoms with E-state index in [1.807, 2.05) is 5.32 Å². The van der Waals surface area contributed by atoms with Crippen LogP contribution in [0, 0.1) is 0 Å². The molecule has 0 aliphatic heterocycles. The van der Waals surface area contributed by atoms with Gasteiger partial charge >= 0.3 is 12.3 Å². The summed E-state index contributed by atoms with van der Waals surface area (Å²) in [6.45, 7) is -1.70. The number of hydrogen-bond acceptors (Lipinski definition) is 4. The molecule has 0 saturated carbocycles. The second kappa shape index (κ2) is 5.49. The molecule has 106 valence electrons. The highest BCUT2D eigenvalue weighted by Gasteiger charge is 2.29. The van der Waals surface area contributed by atoms with Gasteiger partial charge in [0.15, 0.2) is 17.6 Å². The smallest absolute Gasteiger partial charge is 0.422 e. The Morgan fingerprint density at radius 2 is 1.85 bits per heavy atom. The van der Waals surface area contributed by atoms with E-state index < -0.39 is 18.9 Å². The van der Waals surface area contributed by atoms with E-state index in [0.717, 1.165) is 0 Å². The first-order chi connectivity index (χ1) is 9.35. The number of fused-ring (bicyclic) bond motifs is 1. The Balaban J connectivity index is 2.13. The molecule has 0 aliphatic carbocycles. The number of nitrogens with zero attached hydrogens (tertiary/aromatic N) is 2. The van der Waals surface area contributed by atoms with E-state index in [9.17, 15) is 18.0 Å². The molecule has 1 amide bonds. The van der Waals surface area contributed by atoms with Crippen molar-refractivity contribution in [2.75, 3.05) is 11.9 Å². The molecule has 1 N–H and O–H groups in total. The Morgan fingerprint density at radius 3 is 2.45 bits per heavy atom. The first-order valence-electron chi connectivity index (χ1n) is 5.28. The maximum atomic E-state index is 11.9. The van der Waals surface area contributed by atoms with Crippen molar-refractivity contribution in [3.05, 3.63) is 29.4 Å². The van der Waals surface area contributed by atoms with E-state index in [1.54, 1.807) is 24.3 Å². The van der Waals surface area contributed by atoms with E-state index in [1.165, 1.54) is 0 Å². The second-order valence-electron chi connectivity index (χ2n) is 3.67. The van der Waals surface area contributed by atoms with Crippen LogP contribution in [-0.2, 0) is 4.74 Å². The highest BCUT2D eigenvalue weighted by Crippen LogP contribution is 2.21. The van der Waals surface area contributed by atoms with Gasteiger partial charge in [-0.05, 0) is 12.1 Å². The first-order valence-corrected chi connectivity index (χ1v) is 5.66. The predicted octanol–water partition coefficient (Wildman–Crippen LogP) is 3.39. The molecule has 0 bridgehead atoms. The molecule has 0 atom stereocenters. The molecule has 5 nitrogen and oxygen atoms in total. The number of hydrogen-bond donors (Lipinski definition) is 1. The summed E-state index contributed by atoms with van der Waals surface area (Å²) in [6.07, 6.45) is -5.91. The first kappa shape index (κ1) is 14.3. The largest absolute Gasteiger partial charge is 0.440 e. The number of carbonyl (C=O) groups is 1. The zero-order valence-corrected chi connectivity index (χ0v) is 10.5. The lowest BCUT2D eigenvalue weighted by Gasteiger charge is -2.09.